The van der Waals surface area contributed by atoms with Crippen molar-refractivity contribution in [1.29, 1.82) is 0 Å². The van der Waals surface area contributed by atoms with Crippen LogP contribution in [0.4, 0.5) is 5.82 Å². The van der Waals surface area contributed by atoms with Gasteiger partial charge in [-0.25, -0.2) is 9.78 Å². The molecule has 5 heteroatoms. The summed E-state index contributed by atoms with van der Waals surface area (Å²) in [6.07, 6.45) is 7.76. The van der Waals surface area contributed by atoms with Crippen LogP contribution in [0.2, 0.25) is 0 Å². The fourth-order valence-electron chi connectivity index (χ4n) is 1.61. The Morgan fingerprint density at radius 1 is 1.59 bits per heavy atom. The molecule has 0 atom stereocenters. The van der Waals surface area contributed by atoms with E-state index < -0.39 is 5.97 Å². The number of aryl methyl sites for hydroxylation is 1. The van der Waals surface area contributed by atoms with Crippen molar-refractivity contribution < 1.29 is 9.53 Å². The summed E-state index contributed by atoms with van der Waals surface area (Å²) in [6.45, 7) is 2.52. The van der Waals surface area contributed by atoms with Crippen LogP contribution in [-0.4, -0.2) is 22.6 Å². The van der Waals surface area contributed by atoms with Gasteiger partial charge in [0, 0.05) is 13.0 Å². The van der Waals surface area contributed by atoms with Crippen molar-refractivity contribution in [3.8, 4) is 12.3 Å². The largest absolute Gasteiger partial charge is 0.464 e. The maximum absolute atomic E-state index is 11.4. The van der Waals surface area contributed by atoms with E-state index in [1.54, 1.807) is 0 Å². The lowest BCUT2D eigenvalue weighted by Crippen LogP contribution is -2.09. The lowest BCUT2D eigenvalue weighted by Gasteiger charge is -2.06. The number of ether oxygens (including phenoxy) is 1. The minimum absolute atomic E-state index is 0.182. The normalized spacial score (nSPS) is 9.94. The van der Waals surface area contributed by atoms with Gasteiger partial charge in [0.15, 0.2) is 5.69 Å². The highest BCUT2D eigenvalue weighted by Gasteiger charge is 2.18. The first-order chi connectivity index (χ1) is 8.11. The number of anilines is 1. The van der Waals surface area contributed by atoms with E-state index in [0.29, 0.717) is 18.2 Å². The fourth-order valence-corrected chi connectivity index (χ4v) is 1.61. The number of rotatable bonds is 5. The maximum Gasteiger partial charge on any atom is 0.360 e. The zero-order valence-corrected chi connectivity index (χ0v) is 10.2. The first kappa shape index (κ1) is 13.1. The van der Waals surface area contributed by atoms with Crippen LogP contribution in [0.25, 0.3) is 0 Å². The molecule has 17 heavy (non-hydrogen) atoms. The first-order valence-electron chi connectivity index (χ1n) is 5.46. The number of nitrogen functional groups attached to an aromatic ring is 1. The smallest absolute Gasteiger partial charge is 0.360 e. The average Bonchev–Trinajstić information content (AvgIpc) is 2.60. The van der Waals surface area contributed by atoms with Crippen LogP contribution in [0.3, 0.4) is 0 Å². The summed E-state index contributed by atoms with van der Waals surface area (Å²) in [5, 5.41) is 0. The highest BCUT2D eigenvalue weighted by molar-refractivity contribution is 5.92. The number of imidazole rings is 1. The molecule has 0 unspecified atom stereocenters. The van der Waals surface area contributed by atoms with Crippen molar-refractivity contribution in [3.05, 3.63) is 11.5 Å². The van der Waals surface area contributed by atoms with Gasteiger partial charge in [-0.1, -0.05) is 0 Å². The number of carbonyl (C=O) groups is 1. The van der Waals surface area contributed by atoms with Gasteiger partial charge in [0.2, 0.25) is 0 Å². The second-order valence-corrected chi connectivity index (χ2v) is 3.70. The number of aromatic nitrogens is 2. The Labute approximate surface area is 101 Å². The SMILES string of the molecule is C#CCCCCn1c(C)nc(C(=O)OC)c1N. The predicted molar refractivity (Wildman–Crippen MR) is 65.4 cm³/mol. The monoisotopic (exact) mass is 235 g/mol. The molecule has 0 aromatic carbocycles. The molecule has 92 valence electrons. The molecule has 0 spiro atoms. The Bertz CT molecular complexity index is 443. The fraction of sp³-hybridized carbons (Fsp3) is 0.500. The summed E-state index contributed by atoms with van der Waals surface area (Å²) >= 11 is 0. The zero-order chi connectivity index (χ0) is 12.8. The summed E-state index contributed by atoms with van der Waals surface area (Å²) in [5.41, 5.74) is 6.04. The average molecular weight is 235 g/mol. The van der Waals surface area contributed by atoms with E-state index in [-0.39, 0.29) is 5.69 Å². The van der Waals surface area contributed by atoms with Gasteiger partial charge in [0.25, 0.3) is 0 Å². The Morgan fingerprint density at radius 2 is 2.29 bits per heavy atom. The number of nitrogens with zero attached hydrogens (tertiary/aromatic N) is 2. The van der Waals surface area contributed by atoms with Crippen molar-refractivity contribution in [1.82, 2.24) is 9.55 Å². The van der Waals surface area contributed by atoms with Gasteiger partial charge < -0.3 is 15.0 Å². The molecule has 5 nitrogen and oxygen atoms in total. The Balaban J connectivity index is 2.76. The van der Waals surface area contributed by atoms with E-state index in [2.05, 4.69) is 15.6 Å². The molecule has 0 amide bonds. The molecule has 0 aliphatic rings. The topological polar surface area (TPSA) is 70.1 Å². The summed E-state index contributed by atoms with van der Waals surface area (Å²) in [6, 6.07) is 0. The van der Waals surface area contributed by atoms with Gasteiger partial charge in [0.05, 0.1) is 7.11 Å². The molecule has 2 N–H and O–H groups in total. The molecular formula is C12H17N3O2. The van der Waals surface area contributed by atoms with Crippen LogP contribution in [0.1, 0.15) is 35.6 Å². The molecule has 0 saturated heterocycles. The van der Waals surface area contributed by atoms with Crippen LogP contribution >= 0.6 is 0 Å². The Morgan fingerprint density at radius 3 is 2.88 bits per heavy atom. The van der Waals surface area contributed by atoms with Crippen molar-refractivity contribution in [2.24, 2.45) is 0 Å². The molecule has 0 aliphatic carbocycles. The molecule has 1 rings (SSSR count). The molecule has 0 radical (unpaired) electrons. The highest BCUT2D eigenvalue weighted by atomic mass is 16.5. The minimum atomic E-state index is -0.507. The van der Waals surface area contributed by atoms with Crippen LogP contribution < -0.4 is 5.73 Å². The summed E-state index contributed by atoms with van der Waals surface area (Å²) in [7, 11) is 1.31. The summed E-state index contributed by atoms with van der Waals surface area (Å²) in [5.74, 6) is 3.15. The van der Waals surface area contributed by atoms with Crippen LogP contribution in [0.15, 0.2) is 0 Å². The van der Waals surface area contributed by atoms with E-state index in [9.17, 15) is 4.79 Å². The third-order valence-corrected chi connectivity index (χ3v) is 2.53. The maximum atomic E-state index is 11.4. The van der Waals surface area contributed by atoms with Gasteiger partial charge in [-0.3, -0.25) is 0 Å². The third kappa shape index (κ3) is 3.00. The lowest BCUT2D eigenvalue weighted by atomic mass is 10.2. The van der Waals surface area contributed by atoms with Gasteiger partial charge in [-0.15, -0.1) is 12.3 Å². The number of terminal acetylenes is 1. The minimum Gasteiger partial charge on any atom is -0.464 e. The number of esters is 1. The molecule has 0 fully saturated rings. The first-order valence-corrected chi connectivity index (χ1v) is 5.46. The van der Waals surface area contributed by atoms with Gasteiger partial charge >= 0.3 is 5.97 Å². The molecule has 1 heterocycles. The molecule has 0 aliphatic heterocycles. The van der Waals surface area contributed by atoms with Gasteiger partial charge in [0.1, 0.15) is 11.6 Å². The standard InChI is InChI=1S/C12H17N3O2/c1-4-5-6-7-8-15-9(2)14-10(11(15)13)12(16)17-3/h1H,5-8,13H2,2-3H3. The third-order valence-electron chi connectivity index (χ3n) is 2.53. The molecule has 1 aromatic rings. The van der Waals surface area contributed by atoms with Crippen LogP contribution in [0.5, 0.6) is 0 Å². The molecule has 1 aromatic heterocycles. The number of nitrogens with two attached hydrogens (primary N) is 1. The quantitative estimate of drug-likeness (QED) is 0.475. The second kappa shape index (κ2) is 5.94. The van der Waals surface area contributed by atoms with Gasteiger partial charge in [-0.2, -0.15) is 0 Å². The van der Waals surface area contributed by atoms with Crippen molar-refractivity contribution in [2.45, 2.75) is 32.7 Å². The molecular weight excluding hydrogens is 218 g/mol. The number of hydrogen-bond donors (Lipinski definition) is 1. The number of carbonyl (C=O) groups excluding carboxylic acids is 1. The summed E-state index contributed by atoms with van der Waals surface area (Å²) in [4.78, 5) is 15.5. The van der Waals surface area contributed by atoms with E-state index in [1.165, 1.54) is 7.11 Å². The Hall–Kier alpha value is -1.96. The van der Waals surface area contributed by atoms with E-state index in [1.807, 2.05) is 11.5 Å². The zero-order valence-electron chi connectivity index (χ0n) is 10.2. The predicted octanol–water partition coefficient (Wildman–Crippen LogP) is 1.36. The lowest BCUT2D eigenvalue weighted by molar-refractivity contribution is 0.0595. The van der Waals surface area contributed by atoms with Crippen molar-refractivity contribution in [3.63, 3.8) is 0 Å². The van der Waals surface area contributed by atoms with Crippen molar-refractivity contribution >= 4 is 11.8 Å². The van der Waals surface area contributed by atoms with Crippen LogP contribution in [-0.2, 0) is 11.3 Å². The van der Waals surface area contributed by atoms with E-state index in [4.69, 9.17) is 12.2 Å². The molecule has 0 saturated carbocycles. The van der Waals surface area contributed by atoms with E-state index >= 15 is 0 Å². The van der Waals surface area contributed by atoms with Gasteiger partial charge in [-0.05, 0) is 19.8 Å². The van der Waals surface area contributed by atoms with Crippen LogP contribution in [0, 0.1) is 19.3 Å². The highest BCUT2D eigenvalue weighted by Crippen LogP contribution is 2.16. The van der Waals surface area contributed by atoms with E-state index in [0.717, 1.165) is 19.3 Å². The van der Waals surface area contributed by atoms with Crippen molar-refractivity contribution in [2.75, 3.05) is 12.8 Å². The molecule has 0 bridgehead atoms. The summed E-state index contributed by atoms with van der Waals surface area (Å²) < 4.78 is 6.42. The second-order valence-electron chi connectivity index (χ2n) is 3.70. The number of methoxy groups -OCH3 is 1. The Kier molecular flexibility index (Phi) is 4.58. The number of unbranched alkanes of at least 4 members (excludes halogenated alkanes) is 2. The number of hydrogen-bond acceptors (Lipinski definition) is 4.